The Hall–Kier alpha value is -1.59. The number of benzene rings is 1. The van der Waals surface area contributed by atoms with E-state index in [9.17, 15) is 4.79 Å². The Kier molecular flexibility index (Phi) is 6.83. The summed E-state index contributed by atoms with van der Waals surface area (Å²) in [6.07, 6.45) is 0.455. The van der Waals surface area contributed by atoms with Crippen molar-refractivity contribution in [3.63, 3.8) is 0 Å². The van der Waals surface area contributed by atoms with Crippen LogP contribution < -0.4 is 15.4 Å². The highest BCUT2D eigenvalue weighted by Gasteiger charge is 2.05. The Labute approximate surface area is 107 Å². The lowest BCUT2D eigenvalue weighted by atomic mass is 10.2. The first kappa shape index (κ1) is 14.5. The van der Waals surface area contributed by atoms with E-state index in [0.29, 0.717) is 25.3 Å². The molecule has 5 heteroatoms. The molecule has 0 fully saturated rings. The summed E-state index contributed by atoms with van der Waals surface area (Å²) in [6.45, 7) is 1.33. The molecule has 0 unspecified atom stereocenters. The number of amides is 1. The van der Waals surface area contributed by atoms with Gasteiger partial charge >= 0.3 is 0 Å². The van der Waals surface area contributed by atoms with Gasteiger partial charge in [-0.15, -0.1) is 0 Å². The molecular weight excluding hydrogens is 232 g/mol. The van der Waals surface area contributed by atoms with E-state index >= 15 is 0 Å². The number of aliphatic hydroxyl groups excluding tert-OH is 1. The van der Waals surface area contributed by atoms with Crippen molar-refractivity contribution >= 4 is 5.91 Å². The number of rotatable bonds is 8. The fourth-order valence-corrected chi connectivity index (χ4v) is 1.47. The summed E-state index contributed by atoms with van der Waals surface area (Å²) in [6, 6.07) is 7.47. The van der Waals surface area contributed by atoms with Gasteiger partial charge in [0.15, 0.2) is 0 Å². The molecule has 0 saturated heterocycles. The number of nitrogens with one attached hydrogen (secondary N) is 2. The van der Waals surface area contributed by atoms with Crippen LogP contribution in [0.5, 0.6) is 5.75 Å². The van der Waals surface area contributed by atoms with Crippen LogP contribution in [0.15, 0.2) is 24.3 Å². The van der Waals surface area contributed by atoms with Crippen molar-refractivity contribution in [1.29, 1.82) is 0 Å². The van der Waals surface area contributed by atoms with E-state index < -0.39 is 0 Å². The molecule has 0 aliphatic rings. The maximum Gasteiger partial charge on any atom is 0.221 e. The Balaban J connectivity index is 2.47. The third-order valence-electron chi connectivity index (χ3n) is 2.40. The molecule has 0 radical (unpaired) electrons. The molecule has 0 spiro atoms. The number of para-hydroxylation sites is 1. The van der Waals surface area contributed by atoms with Gasteiger partial charge in [0.25, 0.3) is 0 Å². The van der Waals surface area contributed by atoms with E-state index in [1.54, 1.807) is 0 Å². The van der Waals surface area contributed by atoms with Gasteiger partial charge in [0.1, 0.15) is 12.4 Å². The van der Waals surface area contributed by atoms with Crippen LogP contribution in [0.2, 0.25) is 0 Å². The van der Waals surface area contributed by atoms with E-state index in [4.69, 9.17) is 9.84 Å². The van der Waals surface area contributed by atoms with Crippen molar-refractivity contribution in [2.45, 2.75) is 13.0 Å². The minimum Gasteiger partial charge on any atom is -0.491 e. The number of hydrogen-bond acceptors (Lipinski definition) is 4. The molecule has 0 bridgehead atoms. The summed E-state index contributed by atoms with van der Waals surface area (Å²) >= 11 is 0. The van der Waals surface area contributed by atoms with Crippen LogP contribution in [-0.2, 0) is 11.3 Å². The van der Waals surface area contributed by atoms with Crippen LogP contribution in [0.1, 0.15) is 12.0 Å². The standard InChI is InChI=1S/C13H20N2O3/c1-14-7-6-13(17)15-10-11-4-2-3-5-12(11)18-9-8-16/h2-5,14,16H,6-10H2,1H3,(H,15,17). The van der Waals surface area contributed by atoms with E-state index in [1.165, 1.54) is 0 Å². The van der Waals surface area contributed by atoms with Gasteiger partial charge in [0, 0.05) is 25.1 Å². The normalized spacial score (nSPS) is 10.1. The number of ether oxygens (including phenoxy) is 1. The lowest BCUT2D eigenvalue weighted by molar-refractivity contribution is -0.121. The molecule has 1 amide bonds. The largest absolute Gasteiger partial charge is 0.491 e. The van der Waals surface area contributed by atoms with Crippen molar-refractivity contribution < 1.29 is 14.6 Å². The van der Waals surface area contributed by atoms with Gasteiger partial charge in [-0.1, -0.05) is 18.2 Å². The van der Waals surface area contributed by atoms with Gasteiger partial charge in [-0.05, 0) is 13.1 Å². The first-order valence-electron chi connectivity index (χ1n) is 6.00. The third kappa shape index (κ3) is 5.16. The van der Waals surface area contributed by atoms with E-state index in [-0.39, 0.29) is 19.1 Å². The van der Waals surface area contributed by atoms with Gasteiger partial charge in [0.2, 0.25) is 5.91 Å². The SMILES string of the molecule is CNCCC(=O)NCc1ccccc1OCCO. The zero-order valence-electron chi connectivity index (χ0n) is 10.6. The molecular formula is C13H20N2O3. The summed E-state index contributed by atoms with van der Waals surface area (Å²) < 4.78 is 5.39. The Morgan fingerprint density at radius 1 is 1.39 bits per heavy atom. The van der Waals surface area contributed by atoms with Crippen LogP contribution in [0.4, 0.5) is 0 Å². The van der Waals surface area contributed by atoms with E-state index in [1.807, 2.05) is 31.3 Å². The van der Waals surface area contributed by atoms with Crippen molar-refractivity contribution in [2.24, 2.45) is 0 Å². The van der Waals surface area contributed by atoms with Gasteiger partial charge in [0.05, 0.1) is 6.61 Å². The summed E-state index contributed by atoms with van der Waals surface area (Å²) in [4.78, 5) is 11.5. The number of carbonyl (C=O) groups excluding carboxylic acids is 1. The molecule has 3 N–H and O–H groups in total. The molecule has 0 atom stereocenters. The topological polar surface area (TPSA) is 70.6 Å². The van der Waals surface area contributed by atoms with Gasteiger partial charge in [-0.25, -0.2) is 0 Å². The van der Waals surface area contributed by atoms with Gasteiger partial charge in [-0.2, -0.15) is 0 Å². The molecule has 0 aromatic heterocycles. The van der Waals surface area contributed by atoms with Crippen LogP contribution in [0.25, 0.3) is 0 Å². The Bertz CT molecular complexity index is 369. The van der Waals surface area contributed by atoms with Gasteiger partial charge in [-0.3, -0.25) is 4.79 Å². The van der Waals surface area contributed by atoms with Crippen molar-refractivity contribution in [3.05, 3.63) is 29.8 Å². The zero-order valence-corrected chi connectivity index (χ0v) is 10.6. The smallest absolute Gasteiger partial charge is 0.221 e. The predicted octanol–water partition coefficient (Wildman–Crippen LogP) is 0.283. The third-order valence-corrected chi connectivity index (χ3v) is 2.40. The van der Waals surface area contributed by atoms with E-state index in [2.05, 4.69) is 10.6 Å². The highest BCUT2D eigenvalue weighted by molar-refractivity contribution is 5.76. The summed E-state index contributed by atoms with van der Waals surface area (Å²) in [5.41, 5.74) is 0.906. The first-order chi connectivity index (χ1) is 8.77. The molecule has 0 saturated carbocycles. The maximum atomic E-state index is 11.5. The highest BCUT2D eigenvalue weighted by atomic mass is 16.5. The second kappa shape index (κ2) is 8.49. The van der Waals surface area contributed by atoms with Crippen LogP contribution >= 0.6 is 0 Å². The highest BCUT2D eigenvalue weighted by Crippen LogP contribution is 2.17. The van der Waals surface area contributed by atoms with Crippen LogP contribution in [0.3, 0.4) is 0 Å². The lowest BCUT2D eigenvalue weighted by Crippen LogP contribution is -2.26. The number of carbonyl (C=O) groups is 1. The molecule has 18 heavy (non-hydrogen) atoms. The summed E-state index contributed by atoms with van der Waals surface area (Å²) in [5, 5.41) is 14.5. The van der Waals surface area contributed by atoms with Crippen molar-refractivity contribution in [1.82, 2.24) is 10.6 Å². The number of hydrogen-bond donors (Lipinski definition) is 3. The monoisotopic (exact) mass is 252 g/mol. The first-order valence-corrected chi connectivity index (χ1v) is 6.00. The quantitative estimate of drug-likeness (QED) is 0.621. The fraction of sp³-hybridized carbons (Fsp3) is 0.462. The molecule has 0 heterocycles. The molecule has 1 aromatic carbocycles. The molecule has 1 aromatic rings. The minimum absolute atomic E-state index is 0.00121. The average Bonchev–Trinajstić information content (AvgIpc) is 2.41. The van der Waals surface area contributed by atoms with E-state index in [0.717, 1.165) is 5.56 Å². The Morgan fingerprint density at radius 3 is 2.89 bits per heavy atom. The molecule has 100 valence electrons. The second-order valence-corrected chi connectivity index (χ2v) is 3.81. The molecule has 0 aliphatic heterocycles. The van der Waals surface area contributed by atoms with Crippen LogP contribution in [0, 0.1) is 0 Å². The summed E-state index contributed by atoms with van der Waals surface area (Å²) in [5.74, 6) is 0.696. The summed E-state index contributed by atoms with van der Waals surface area (Å²) in [7, 11) is 1.81. The Morgan fingerprint density at radius 2 is 2.17 bits per heavy atom. The minimum atomic E-state index is -0.0249. The second-order valence-electron chi connectivity index (χ2n) is 3.81. The molecule has 0 aliphatic carbocycles. The fourth-order valence-electron chi connectivity index (χ4n) is 1.47. The zero-order chi connectivity index (χ0) is 13.2. The van der Waals surface area contributed by atoms with Crippen molar-refractivity contribution in [3.8, 4) is 5.75 Å². The molecule has 1 rings (SSSR count). The van der Waals surface area contributed by atoms with Gasteiger partial charge < -0.3 is 20.5 Å². The average molecular weight is 252 g/mol. The molecule has 5 nitrogen and oxygen atoms in total. The van der Waals surface area contributed by atoms with Crippen LogP contribution in [-0.4, -0.2) is 37.8 Å². The maximum absolute atomic E-state index is 11.5. The lowest BCUT2D eigenvalue weighted by Gasteiger charge is -2.11. The van der Waals surface area contributed by atoms with Crippen molar-refractivity contribution in [2.75, 3.05) is 26.8 Å². The number of aliphatic hydroxyl groups is 1. The predicted molar refractivity (Wildman–Crippen MR) is 69.4 cm³/mol.